The summed E-state index contributed by atoms with van der Waals surface area (Å²) in [6.45, 7) is 6.45. The summed E-state index contributed by atoms with van der Waals surface area (Å²) in [4.78, 5) is 2.49. The molecule has 0 aliphatic carbocycles. The molecule has 0 saturated carbocycles. The molecular formula is C20H19N. The lowest BCUT2D eigenvalue weighted by molar-refractivity contribution is 0.885. The van der Waals surface area contributed by atoms with Crippen molar-refractivity contribution in [3.8, 4) is 0 Å². The lowest BCUT2D eigenvalue weighted by Gasteiger charge is -2.20. The van der Waals surface area contributed by atoms with E-state index >= 15 is 0 Å². The molecule has 1 heterocycles. The van der Waals surface area contributed by atoms with Crippen molar-refractivity contribution in [1.82, 2.24) is 0 Å². The highest BCUT2D eigenvalue weighted by molar-refractivity contribution is 5.94. The molecule has 3 aromatic rings. The third-order valence-electron chi connectivity index (χ3n) is 4.65. The Kier molecular flexibility index (Phi) is 2.75. The van der Waals surface area contributed by atoms with Gasteiger partial charge in [0.25, 0.3) is 0 Å². The molecule has 0 spiro atoms. The van der Waals surface area contributed by atoms with Gasteiger partial charge in [-0.05, 0) is 47.6 Å². The zero-order valence-electron chi connectivity index (χ0n) is 12.6. The fraction of sp³-hybridized carbons (Fsp3) is 0.200. The van der Waals surface area contributed by atoms with E-state index in [2.05, 4.69) is 73.3 Å². The van der Waals surface area contributed by atoms with Gasteiger partial charge in [-0.3, -0.25) is 0 Å². The molecule has 0 bridgehead atoms. The fourth-order valence-corrected chi connectivity index (χ4v) is 3.35. The zero-order chi connectivity index (χ0) is 14.4. The summed E-state index contributed by atoms with van der Waals surface area (Å²) >= 11 is 0. The predicted octanol–water partition coefficient (Wildman–Crippen LogP) is 4.98. The molecule has 1 aliphatic rings. The molecule has 0 fully saturated rings. The standard InChI is InChI=1S/C20H19N/c1-14-10-17-12-21(13-18(17)11-15(14)2)20-9-5-7-16-6-3-4-8-19(16)20/h3-11H,12-13H2,1-2H3. The van der Waals surface area contributed by atoms with Crippen LogP contribution in [-0.2, 0) is 13.1 Å². The van der Waals surface area contributed by atoms with E-state index in [0.717, 1.165) is 13.1 Å². The van der Waals surface area contributed by atoms with E-state index in [0.29, 0.717) is 0 Å². The number of nitrogens with zero attached hydrogens (tertiary/aromatic N) is 1. The number of aryl methyl sites for hydroxylation is 2. The minimum Gasteiger partial charge on any atom is -0.362 e. The number of anilines is 1. The van der Waals surface area contributed by atoms with E-state index in [1.54, 1.807) is 0 Å². The maximum atomic E-state index is 2.49. The fourth-order valence-electron chi connectivity index (χ4n) is 3.35. The maximum absolute atomic E-state index is 2.49. The van der Waals surface area contributed by atoms with E-state index in [1.807, 2.05) is 0 Å². The molecule has 0 atom stereocenters. The maximum Gasteiger partial charge on any atom is 0.0451 e. The highest BCUT2D eigenvalue weighted by Gasteiger charge is 2.21. The second kappa shape index (κ2) is 4.63. The predicted molar refractivity (Wildman–Crippen MR) is 89.8 cm³/mol. The van der Waals surface area contributed by atoms with Crippen molar-refractivity contribution < 1.29 is 0 Å². The Morgan fingerprint density at radius 2 is 1.38 bits per heavy atom. The molecule has 104 valence electrons. The van der Waals surface area contributed by atoms with Crippen LogP contribution >= 0.6 is 0 Å². The topological polar surface area (TPSA) is 3.24 Å². The van der Waals surface area contributed by atoms with Gasteiger partial charge in [-0.1, -0.05) is 48.5 Å². The van der Waals surface area contributed by atoms with Crippen LogP contribution in [0.2, 0.25) is 0 Å². The average Bonchev–Trinajstić information content (AvgIpc) is 2.90. The Balaban J connectivity index is 1.79. The summed E-state index contributed by atoms with van der Waals surface area (Å²) in [7, 11) is 0. The smallest absolute Gasteiger partial charge is 0.0451 e. The highest BCUT2D eigenvalue weighted by atomic mass is 15.1. The van der Waals surface area contributed by atoms with Crippen molar-refractivity contribution in [2.45, 2.75) is 26.9 Å². The molecule has 4 rings (SSSR count). The number of hydrogen-bond acceptors (Lipinski definition) is 1. The largest absolute Gasteiger partial charge is 0.362 e. The Bertz CT molecular complexity index is 796. The normalized spacial score (nSPS) is 13.7. The van der Waals surface area contributed by atoms with Crippen LogP contribution in [0.1, 0.15) is 22.3 Å². The van der Waals surface area contributed by atoms with E-state index in [4.69, 9.17) is 0 Å². The Labute approximate surface area is 125 Å². The lowest BCUT2D eigenvalue weighted by atomic mass is 10.0. The van der Waals surface area contributed by atoms with Crippen molar-refractivity contribution in [2.24, 2.45) is 0 Å². The van der Waals surface area contributed by atoms with Crippen molar-refractivity contribution in [2.75, 3.05) is 4.90 Å². The number of benzene rings is 3. The van der Waals surface area contributed by atoms with E-state index in [1.165, 1.54) is 38.7 Å². The second-order valence-corrected chi connectivity index (χ2v) is 6.06. The van der Waals surface area contributed by atoms with Crippen molar-refractivity contribution in [1.29, 1.82) is 0 Å². The molecule has 0 amide bonds. The van der Waals surface area contributed by atoms with Crippen LogP contribution in [-0.4, -0.2) is 0 Å². The molecular weight excluding hydrogens is 254 g/mol. The van der Waals surface area contributed by atoms with Gasteiger partial charge in [0.15, 0.2) is 0 Å². The second-order valence-electron chi connectivity index (χ2n) is 6.06. The van der Waals surface area contributed by atoms with Crippen LogP contribution in [0.25, 0.3) is 10.8 Å². The molecule has 0 unspecified atom stereocenters. The minimum absolute atomic E-state index is 1.02. The molecule has 21 heavy (non-hydrogen) atoms. The van der Waals surface area contributed by atoms with Gasteiger partial charge >= 0.3 is 0 Å². The average molecular weight is 273 g/mol. The number of hydrogen-bond donors (Lipinski definition) is 0. The molecule has 1 aliphatic heterocycles. The summed E-state index contributed by atoms with van der Waals surface area (Å²) in [5.41, 5.74) is 7.10. The van der Waals surface area contributed by atoms with Crippen molar-refractivity contribution in [3.63, 3.8) is 0 Å². The van der Waals surface area contributed by atoms with Gasteiger partial charge in [-0.2, -0.15) is 0 Å². The van der Waals surface area contributed by atoms with Crippen molar-refractivity contribution >= 4 is 16.5 Å². The van der Waals surface area contributed by atoms with Gasteiger partial charge < -0.3 is 4.90 Å². The summed E-state index contributed by atoms with van der Waals surface area (Å²) < 4.78 is 0. The first kappa shape index (κ1) is 12.5. The van der Waals surface area contributed by atoms with Gasteiger partial charge in [0, 0.05) is 24.2 Å². The van der Waals surface area contributed by atoms with Crippen LogP contribution in [0.15, 0.2) is 54.6 Å². The molecule has 3 aromatic carbocycles. The van der Waals surface area contributed by atoms with Crippen LogP contribution in [0.3, 0.4) is 0 Å². The molecule has 1 nitrogen and oxygen atoms in total. The van der Waals surface area contributed by atoms with Gasteiger partial charge in [0.1, 0.15) is 0 Å². The summed E-state index contributed by atoms with van der Waals surface area (Å²) in [6.07, 6.45) is 0. The van der Waals surface area contributed by atoms with Crippen LogP contribution in [0, 0.1) is 13.8 Å². The summed E-state index contributed by atoms with van der Waals surface area (Å²) in [5.74, 6) is 0. The van der Waals surface area contributed by atoms with Gasteiger partial charge in [0.2, 0.25) is 0 Å². The quantitative estimate of drug-likeness (QED) is 0.604. The van der Waals surface area contributed by atoms with Gasteiger partial charge in [-0.15, -0.1) is 0 Å². The third kappa shape index (κ3) is 2.01. The van der Waals surface area contributed by atoms with Crippen LogP contribution in [0.4, 0.5) is 5.69 Å². The molecule has 1 heteroatoms. The first-order valence-corrected chi connectivity index (χ1v) is 7.54. The SMILES string of the molecule is Cc1cc2c(cc1C)CN(c1cccc3ccccc13)C2. The first-order valence-electron chi connectivity index (χ1n) is 7.54. The minimum atomic E-state index is 1.02. The lowest BCUT2D eigenvalue weighted by Crippen LogP contribution is -2.14. The van der Waals surface area contributed by atoms with E-state index in [9.17, 15) is 0 Å². The Morgan fingerprint density at radius 1 is 0.762 bits per heavy atom. The Hall–Kier alpha value is -2.28. The monoisotopic (exact) mass is 273 g/mol. The molecule has 0 radical (unpaired) electrons. The molecule has 0 N–H and O–H groups in total. The Morgan fingerprint density at radius 3 is 2.10 bits per heavy atom. The summed E-state index contributed by atoms with van der Waals surface area (Å²) in [6, 6.07) is 20.0. The molecule has 0 saturated heterocycles. The zero-order valence-corrected chi connectivity index (χ0v) is 12.6. The highest BCUT2D eigenvalue weighted by Crippen LogP contribution is 2.34. The molecule has 0 aromatic heterocycles. The van der Waals surface area contributed by atoms with E-state index < -0.39 is 0 Å². The first-order chi connectivity index (χ1) is 10.2. The van der Waals surface area contributed by atoms with E-state index in [-0.39, 0.29) is 0 Å². The summed E-state index contributed by atoms with van der Waals surface area (Å²) in [5, 5.41) is 2.67. The third-order valence-corrected chi connectivity index (χ3v) is 4.65. The van der Waals surface area contributed by atoms with Crippen LogP contribution in [0.5, 0.6) is 0 Å². The van der Waals surface area contributed by atoms with Crippen molar-refractivity contribution in [3.05, 3.63) is 76.9 Å². The van der Waals surface area contributed by atoms with Gasteiger partial charge in [0.05, 0.1) is 0 Å². The number of rotatable bonds is 1. The number of fused-ring (bicyclic) bond motifs is 2. The van der Waals surface area contributed by atoms with Crippen LogP contribution < -0.4 is 4.90 Å². The van der Waals surface area contributed by atoms with Gasteiger partial charge in [-0.25, -0.2) is 0 Å².